The van der Waals surface area contributed by atoms with Crippen molar-refractivity contribution in [2.24, 2.45) is 0 Å². The van der Waals surface area contributed by atoms with Gasteiger partial charge >= 0.3 is 5.97 Å². The van der Waals surface area contributed by atoms with E-state index in [1.807, 2.05) is 30.3 Å². The first-order valence-electron chi connectivity index (χ1n) is 9.35. The van der Waals surface area contributed by atoms with Crippen molar-refractivity contribution in [3.05, 3.63) is 117 Å². The number of aromatic carboxylic acids is 1. The molecule has 31 heavy (non-hydrogen) atoms. The third-order valence-electron chi connectivity index (χ3n) is 4.85. The van der Waals surface area contributed by atoms with Gasteiger partial charge in [-0.2, -0.15) is 0 Å². The van der Waals surface area contributed by atoms with Crippen LogP contribution in [-0.4, -0.2) is 21.9 Å². The van der Waals surface area contributed by atoms with E-state index < -0.39 is 10.9 Å². The Labute approximate surface area is 177 Å². The van der Waals surface area contributed by atoms with E-state index in [1.54, 1.807) is 36.4 Å². The fourth-order valence-corrected chi connectivity index (χ4v) is 3.32. The highest BCUT2D eigenvalue weighted by molar-refractivity contribution is 6.23. The number of carboxylic acid groups (broad SMARTS) is 1. The number of benzene rings is 3. The zero-order valence-corrected chi connectivity index (χ0v) is 16.1. The number of amides is 1. The number of hydrogen-bond donors (Lipinski definition) is 1. The molecule has 0 saturated heterocycles. The van der Waals surface area contributed by atoms with Crippen LogP contribution in [-0.2, 0) is 4.79 Å². The molecule has 3 aromatic carbocycles. The van der Waals surface area contributed by atoms with Crippen molar-refractivity contribution >= 4 is 35.0 Å². The summed E-state index contributed by atoms with van der Waals surface area (Å²) in [6, 6.07) is 21.4. The van der Waals surface area contributed by atoms with Crippen molar-refractivity contribution in [2.75, 3.05) is 4.90 Å². The van der Waals surface area contributed by atoms with E-state index in [2.05, 4.69) is 0 Å². The summed E-state index contributed by atoms with van der Waals surface area (Å²) >= 11 is 0. The highest BCUT2D eigenvalue weighted by Gasteiger charge is 2.30. The summed E-state index contributed by atoms with van der Waals surface area (Å²) in [5.41, 5.74) is 3.18. The predicted octanol–water partition coefficient (Wildman–Crippen LogP) is 4.76. The molecule has 3 aromatic rings. The third-order valence-corrected chi connectivity index (χ3v) is 4.85. The first-order chi connectivity index (χ1) is 14.9. The summed E-state index contributed by atoms with van der Waals surface area (Å²) in [6.45, 7) is 0. The van der Waals surface area contributed by atoms with Crippen molar-refractivity contribution in [3.63, 3.8) is 0 Å². The van der Waals surface area contributed by atoms with Crippen molar-refractivity contribution < 1.29 is 19.6 Å². The number of nitrogens with zero attached hydrogens (tertiary/aromatic N) is 2. The number of non-ortho nitro benzene ring substituents is 1. The molecule has 1 aliphatic heterocycles. The second-order valence-corrected chi connectivity index (χ2v) is 6.84. The molecule has 7 heteroatoms. The summed E-state index contributed by atoms with van der Waals surface area (Å²) in [7, 11) is 0. The molecule has 1 heterocycles. The number of rotatable bonds is 5. The van der Waals surface area contributed by atoms with Gasteiger partial charge in [-0.25, -0.2) is 4.79 Å². The van der Waals surface area contributed by atoms with Gasteiger partial charge in [0.25, 0.3) is 11.6 Å². The Morgan fingerprint density at radius 3 is 2.16 bits per heavy atom. The van der Waals surface area contributed by atoms with E-state index in [0.717, 1.165) is 5.56 Å². The highest BCUT2D eigenvalue weighted by Crippen LogP contribution is 2.35. The van der Waals surface area contributed by atoms with Gasteiger partial charge < -0.3 is 5.11 Å². The van der Waals surface area contributed by atoms with Gasteiger partial charge in [0.15, 0.2) is 0 Å². The Hall–Kier alpha value is -4.52. The molecule has 0 aromatic heterocycles. The van der Waals surface area contributed by atoms with E-state index in [1.165, 1.54) is 29.2 Å². The number of nitro groups is 1. The molecule has 1 N–H and O–H groups in total. The van der Waals surface area contributed by atoms with E-state index in [0.29, 0.717) is 22.5 Å². The topological polar surface area (TPSA) is 101 Å². The van der Waals surface area contributed by atoms with Crippen molar-refractivity contribution in [3.8, 4) is 0 Å². The second-order valence-electron chi connectivity index (χ2n) is 6.84. The minimum Gasteiger partial charge on any atom is -0.478 e. The summed E-state index contributed by atoms with van der Waals surface area (Å²) in [5, 5.41) is 20.0. The van der Waals surface area contributed by atoms with Crippen LogP contribution in [0.4, 0.5) is 11.4 Å². The van der Waals surface area contributed by atoms with Gasteiger partial charge in [0.05, 0.1) is 16.2 Å². The molecule has 0 radical (unpaired) electrons. The van der Waals surface area contributed by atoms with Gasteiger partial charge in [-0.05, 0) is 59.7 Å². The maximum atomic E-state index is 13.3. The lowest BCUT2D eigenvalue weighted by atomic mass is 10.1. The van der Waals surface area contributed by atoms with Gasteiger partial charge in [0, 0.05) is 23.4 Å². The maximum absolute atomic E-state index is 13.3. The van der Waals surface area contributed by atoms with Gasteiger partial charge in [-0.1, -0.05) is 30.3 Å². The Morgan fingerprint density at radius 2 is 1.58 bits per heavy atom. The van der Waals surface area contributed by atoms with Gasteiger partial charge in [-0.15, -0.1) is 0 Å². The van der Waals surface area contributed by atoms with Gasteiger partial charge in [0.2, 0.25) is 0 Å². The van der Waals surface area contributed by atoms with Crippen molar-refractivity contribution in [1.82, 2.24) is 0 Å². The number of carbonyl (C=O) groups is 2. The highest BCUT2D eigenvalue weighted by atomic mass is 16.6. The molecular formula is C24H16N2O5. The molecule has 0 spiro atoms. The summed E-state index contributed by atoms with van der Waals surface area (Å²) in [4.78, 5) is 36.3. The van der Waals surface area contributed by atoms with E-state index in [9.17, 15) is 19.7 Å². The fourth-order valence-electron chi connectivity index (χ4n) is 3.32. The third kappa shape index (κ3) is 3.97. The quantitative estimate of drug-likeness (QED) is 0.370. The molecule has 0 bridgehead atoms. The average molecular weight is 412 g/mol. The van der Waals surface area contributed by atoms with Crippen LogP contribution < -0.4 is 4.90 Å². The van der Waals surface area contributed by atoms with Crippen molar-refractivity contribution in [2.45, 2.75) is 0 Å². The van der Waals surface area contributed by atoms with Crippen LogP contribution in [0.2, 0.25) is 0 Å². The molecular weight excluding hydrogens is 396 g/mol. The zero-order valence-electron chi connectivity index (χ0n) is 16.1. The summed E-state index contributed by atoms with van der Waals surface area (Å²) in [6.07, 6.45) is 3.42. The number of nitro benzene ring substituents is 1. The standard InChI is InChI=1S/C24H16N2O5/c27-23-19(14-16-6-10-21(11-7-16)26(30)31)15-22(17-4-2-1-3-5-17)25(23)20-12-8-18(9-13-20)24(28)29/h1-15H,(H,28,29)/b19-14-. The molecule has 1 amide bonds. The molecule has 152 valence electrons. The van der Waals surface area contributed by atoms with Crippen LogP contribution >= 0.6 is 0 Å². The molecule has 1 aliphatic rings. The van der Waals surface area contributed by atoms with Crippen LogP contribution in [0.5, 0.6) is 0 Å². The monoisotopic (exact) mass is 412 g/mol. The largest absolute Gasteiger partial charge is 0.478 e. The maximum Gasteiger partial charge on any atom is 0.335 e. The first-order valence-corrected chi connectivity index (χ1v) is 9.35. The number of hydrogen-bond acceptors (Lipinski definition) is 4. The summed E-state index contributed by atoms with van der Waals surface area (Å²) in [5.74, 6) is -1.32. The van der Waals surface area contributed by atoms with Crippen LogP contribution in [0.25, 0.3) is 11.8 Å². The Balaban J connectivity index is 1.76. The minimum atomic E-state index is -1.04. The SMILES string of the molecule is O=C(O)c1ccc(N2C(=O)/C(=C\c3ccc([N+](=O)[O-])cc3)C=C2c2ccccc2)cc1. The van der Waals surface area contributed by atoms with E-state index in [-0.39, 0.29) is 17.2 Å². The molecule has 0 unspecified atom stereocenters. The number of carboxylic acids is 1. The van der Waals surface area contributed by atoms with Gasteiger partial charge in [-0.3, -0.25) is 19.8 Å². The lowest BCUT2D eigenvalue weighted by Crippen LogP contribution is -2.25. The van der Waals surface area contributed by atoms with E-state index >= 15 is 0 Å². The fraction of sp³-hybridized carbons (Fsp3) is 0. The van der Waals surface area contributed by atoms with Gasteiger partial charge in [0.1, 0.15) is 0 Å². The molecule has 0 saturated carbocycles. The minimum absolute atomic E-state index is 0.0273. The lowest BCUT2D eigenvalue weighted by molar-refractivity contribution is -0.384. The van der Waals surface area contributed by atoms with Crippen LogP contribution in [0.3, 0.4) is 0 Å². The smallest absolute Gasteiger partial charge is 0.335 e. The predicted molar refractivity (Wildman–Crippen MR) is 116 cm³/mol. The summed E-state index contributed by atoms with van der Waals surface area (Å²) < 4.78 is 0. The lowest BCUT2D eigenvalue weighted by Gasteiger charge is -2.21. The first kappa shape index (κ1) is 19.8. The Bertz CT molecular complexity index is 1230. The average Bonchev–Trinajstić information content (AvgIpc) is 3.10. The Kier molecular flexibility index (Phi) is 5.15. The molecule has 0 atom stereocenters. The van der Waals surface area contributed by atoms with E-state index in [4.69, 9.17) is 5.11 Å². The molecule has 7 nitrogen and oxygen atoms in total. The van der Waals surface area contributed by atoms with Crippen LogP contribution in [0.15, 0.2) is 90.5 Å². The molecule has 0 fully saturated rings. The molecule has 0 aliphatic carbocycles. The van der Waals surface area contributed by atoms with Crippen molar-refractivity contribution in [1.29, 1.82) is 0 Å². The normalized spacial score (nSPS) is 14.6. The Morgan fingerprint density at radius 1 is 0.935 bits per heavy atom. The number of anilines is 1. The zero-order chi connectivity index (χ0) is 22.0. The second kappa shape index (κ2) is 8.08. The van der Waals surface area contributed by atoms with Crippen LogP contribution in [0, 0.1) is 10.1 Å². The molecule has 4 rings (SSSR count). The number of carbonyl (C=O) groups excluding carboxylic acids is 1. The van der Waals surface area contributed by atoms with Crippen LogP contribution in [0.1, 0.15) is 21.5 Å².